The van der Waals surface area contributed by atoms with E-state index in [1.807, 2.05) is 24.3 Å². The van der Waals surface area contributed by atoms with Crippen LogP contribution in [0.4, 0.5) is 0 Å². The Morgan fingerprint density at radius 1 is 1.15 bits per heavy atom. The van der Waals surface area contributed by atoms with Crippen LogP contribution in [0.1, 0.15) is 50.4 Å². The van der Waals surface area contributed by atoms with Crippen LogP contribution in [0.25, 0.3) is 0 Å². The number of Topliss-reactive ketones (excluding diaryl/α,β-unsaturated/α-hetero) is 1. The maximum absolute atomic E-state index is 12.3. The van der Waals surface area contributed by atoms with E-state index in [-0.39, 0.29) is 16.9 Å². The number of likely N-dealkylation sites (tertiary alicyclic amines) is 1. The molecule has 0 aliphatic carbocycles. The molecule has 3 nitrogen and oxygen atoms in total. The molecular formula is C17H23NO2. The number of nitrogens with zero attached hydrogens (tertiary/aromatic N) is 1. The molecule has 108 valence electrons. The predicted molar refractivity (Wildman–Crippen MR) is 79.3 cm³/mol. The summed E-state index contributed by atoms with van der Waals surface area (Å²) in [6.45, 7) is 8.73. The van der Waals surface area contributed by atoms with E-state index in [0.29, 0.717) is 6.42 Å². The summed E-state index contributed by atoms with van der Waals surface area (Å²) in [6, 6.07) is 7.63. The Balaban J connectivity index is 1.79. The minimum atomic E-state index is -0.271. The lowest BCUT2D eigenvalue weighted by Crippen LogP contribution is -2.55. The molecule has 2 heterocycles. The highest BCUT2D eigenvalue weighted by molar-refractivity contribution is 6.00. The Kier molecular flexibility index (Phi) is 3.13. The molecule has 1 fully saturated rings. The number of piperidine rings is 1. The van der Waals surface area contributed by atoms with Crippen LogP contribution in [-0.4, -0.2) is 34.9 Å². The standard InChI is InChI=1S/C17H23NO2/c1-16(2,3)18-10-8-17(9-11-18)12-14(19)13-6-4-5-7-15(13)20-17/h4-7H,8-12H2,1-3H3. The van der Waals surface area contributed by atoms with E-state index in [4.69, 9.17) is 4.74 Å². The number of carbonyl (C=O) groups excluding carboxylic acids is 1. The Hall–Kier alpha value is -1.35. The maximum Gasteiger partial charge on any atom is 0.170 e. The van der Waals surface area contributed by atoms with Crippen molar-refractivity contribution in [1.29, 1.82) is 0 Å². The number of carbonyl (C=O) groups is 1. The topological polar surface area (TPSA) is 29.5 Å². The van der Waals surface area contributed by atoms with Crippen molar-refractivity contribution in [2.24, 2.45) is 0 Å². The van der Waals surface area contributed by atoms with Crippen LogP contribution < -0.4 is 4.74 Å². The second kappa shape index (κ2) is 4.59. The first-order valence-electron chi connectivity index (χ1n) is 7.46. The van der Waals surface area contributed by atoms with E-state index in [2.05, 4.69) is 25.7 Å². The van der Waals surface area contributed by atoms with Crippen LogP contribution in [0.3, 0.4) is 0 Å². The summed E-state index contributed by atoms with van der Waals surface area (Å²) in [5, 5.41) is 0. The molecule has 0 bridgehead atoms. The van der Waals surface area contributed by atoms with Gasteiger partial charge in [0, 0.05) is 31.5 Å². The molecular weight excluding hydrogens is 250 g/mol. The lowest BCUT2D eigenvalue weighted by molar-refractivity contribution is -0.0295. The molecule has 3 heteroatoms. The highest BCUT2D eigenvalue weighted by atomic mass is 16.5. The van der Waals surface area contributed by atoms with Crippen molar-refractivity contribution in [3.05, 3.63) is 29.8 Å². The quantitative estimate of drug-likeness (QED) is 0.726. The molecule has 2 aliphatic rings. The van der Waals surface area contributed by atoms with Crippen LogP contribution in [0.5, 0.6) is 5.75 Å². The summed E-state index contributed by atoms with van der Waals surface area (Å²) < 4.78 is 6.24. The van der Waals surface area contributed by atoms with E-state index < -0.39 is 0 Å². The Morgan fingerprint density at radius 3 is 2.45 bits per heavy atom. The summed E-state index contributed by atoms with van der Waals surface area (Å²) in [4.78, 5) is 14.8. The van der Waals surface area contributed by atoms with E-state index in [1.54, 1.807) is 0 Å². The number of ether oxygens (including phenoxy) is 1. The number of benzene rings is 1. The van der Waals surface area contributed by atoms with Gasteiger partial charge in [-0.2, -0.15) is 0 Å². The molecule has 0 radical (unpaired) electrons. The van der Waals surface area contributed by atoms with Crippen molar-refractivity contribution in [1.82, 2.24) is 4.90 Å². The summed E-state index contributed by atoms with van der Waals surface area (Å²) >= 11 is 0. The van der Waals surface area contributed by atoms with Crippen molar-refractivity contribution >= 4 is 5.78 Å². The Labute approximate surface area is 120 Å². The van der Waals surface area contributed by atoms with Gasteiger partial charge in [0.25, 0.3) is 0 Å². The molecule has 0 N–H and O–H groups in total. The first-order valence-corrected chi connectivity index (χ1v) is 7.46. The first-order chi connectivity index (χ1) is 9.40. The molecule has 0 atom stereocenters. The first kappa shape index (κ1) is 13.6. The fourth-order valence-electron chi connectivity index (χ4n) is 3.31. The van der Waals surface area contributed by atoms with E-state index in [1.165, 1.54) is 0 Å². The number of hydrogen-bond acceptors (Lipinski definition) is 3. The third-order valence-corrected chi connectivity index (χ3v) is 4.62. The predicted octanol–water partition coefficient (Wildman–Crippen LogP) is 3.28. The van der Waals surface area contributed by atoms with E-state index in [0.717, 1.165) is 37.2 Å². The van der Waals surface area contributed by atoms with Gasteiger partial charge in [-0.15, -0.1) is 0 Å². The Morgan fingerprint density at radius 2 is 1.80 bits per heavy atom. The number of ketones is 1. The average Bonchev–Trinajstić information content (AvgIpc) is 2.38. The van der Waals surface area contributed by atoms with Crippen molar-refractivity contribution in [2.75, 3.05) is 13.1 Å². The van der Waals surface area contributed by atoms with Crippen LogP contribution in [0, 0.1) is 0 Å². The van der Waals surface area contributed by atoms with Gasteiger partial charge >= 0.3 is 0 Å². The molecule has 20 heavy (non-hydrogen) atoms. The second-order valence-electron chi connectivity index (χ2n) is 7.04. The summed E-state index contributed by atoms with van der Waals surface area (Å²) in [5.41, 5.74) is 0.669. The largest absolute Gasteiger partial charge is 0.486 e. The normalized spacial score (nSPS) is 22.4. The SMILES string of the molecule is CC(C)(C)N1CCC2(CC1)CC(=O)c1ccccc1O2. The molecule has 0 amide bonds. The molecule has 0 unspecified atom stereocenters. The van der Waals surface area contributed by atoms with Crippen LogP contribution in [0.15, 0.2) is 24.3 Å². The smallest absolute Gasteiger partial charge is 0.170 e. The van der Waals surface area contributed by atoms with Crippen molar-refractivity contribution in [3.8, 4) is 5.75 Å². The molecule has 0 aromatic heterocycles. The molecule has 1 aromatic carbocycles. The lowest BCUT2D eigenvalue weighted by Gasteiger charge is -2.47. The van der Waals surface area contributed by atoms with Crippen molar-refractivity contribution in [3.63, 3.8) is 0 Å². The third kappa shape index (κ3) is 2.35. The second-order valence-corrected chi connectivity index (χ2v) is 7.04. The van der Waals surface area contributed by atoms with Gasteiger partial charge in [0.15, 0.2) is 5.78 Å². The maximum atomic E-state index is 12.3. The fraction of sp³-hybridized carbons (Fsp3) is 0.588. The minimum absolute atomic E-state index is 0.193. The zero-order chi connectivity index (χ0) is 14.4. The molecule has 1 spiro atoms. The van der Waals surface area contributed by atoms with Gasteiger partial charge in [0.2, 0.25) is 0 Å². The Bertz CT molecular complexity index is 522. The van der Waals surface area contributed by atoms with E-state index in [9.17, 15) is 4.79 Å². The van der Waals surface area contributed by atoms with E-state index >= 15 is 0 Å². The van der Waals surface area contributed by atoms with Crippen LogP contribution in [-0.2, 0) is 0 Å². The zero-order valence-electron chi connectivity index (χ0n) is 12.6. The van der Waals surface area contributed by atoms with Gasteiger partial charge in [-0.05, 0) is 32.9 Å². The number of para-hydroxylation sites is 1. The third-order valence-electron chi connectivity index (χ3n) is 4.62. The van der Waals surface area contributed by atoms with Gasteiger partial charge in [0.1, 0.15) is 11.4 Å². The highest BCUT2D eigenvalue weighted by Gasteiger charge is 2.44. The van der Waals surface area contributed by atoms with Gasteiger partial charge in [0.05, 0.1) is 12.0 Å². The van der Waals surface area contributed by atoms with Crippen LogP contribution in [0.2, 0.25) is 0 Å². The number of rotatable bonds is 0. The highest BCUT2D eigenvalue weighted by Crippen LogP contribution is 2.40. The molecule has 1 saturated heterocycles. The van der Waals surface area contributed by atoms with Gasteiger partial charge < -0.3 is 4.74 Å². The molecule has 1 aromatic rings. The number of hydrogen-bond donors (Lipinski definition) is 0. The molecule has 2 aliphatic heterocycles. The molecule has 0 saturated carbocycles. The summed E-state index contributed by atoms with van der Waals surface area (Å²) in [6.07, 6.45) is 2.40. The van der Waals surface area contributed by atoms with Gasteiger partial charge in [-0.3, -0.25) is 9.69 Å². The monoisotopic (exact) mass is 273 g/mol. The zero-order valence-corrected chi connectivity index (χ0v) is 12.6. The summed E-state index contributed by atoms with van der Waals surface area (Å²) in [7, 11) is 0. The lowest BCUT2D eigenvalue weighted by atomic mass is 9.81. The van der Waals surface area contributed by atoms with Gasteiger partial charge in [-0.1, -0.05) is 12.1 Å². The fourth-order valence-corrected chi connectivity index (χ4v) is 3.31. The number of fused-ring (bicyclic) bond motifs is 1. The van der Waals surface area contributed by atoms with Crippen LogP contribution >= 0.6 is 0 Å². The average molecular weight is 273 g/mol. The minimum Gasteiger partial charge on any atom is -0.486 e. The van der Waals surface area contributed by atoms with Crippen molar-refractivity contribution in [2.45, 2.75) is 51.2 Å². The summed E-state index contributed by atoms with van der Waals surface area (Å²) in [5.74, 6) is 1.00. The van der Waals surface area contributed by atoms with Gasteiger partial charge in [-0.25, -0.2) is 0 Å². The van der Waals surface area contributed by atoms with Crippen molar-refractivity contribution < 1.29 is 9.53 Å². The molecule has 3 rings (SSSR count).